The minimum atomic E-state index is -5.42. The SMILES string of the molecule is O=S1(=O)OC(F)(F)CC1(F)F. The minimum Gasteiger partial charge on any atom is -0.195 e. The zero-order chi connectivity index (χ0) is 8.91. The van der Waals surface area contributed by atoms with E-state index in [-0.39, 0.29) is 0 Å². The van der Waals surface area contributed by atoms with Gasteiger partial charge in [-0.25, -0.2) is 0 Å². The van der Waals surface area contributed by atoms with E-state index in [2.05, 4.69) is 4.18 Å². The molecule has 1 saturated heterocycles. The van der Waals surface area contributed by atoms with Crippen molar-refractivity contribution in [1.82, 2.24) is 0 Å². The van der Waals surface area contributed by atoms with Crippen LogP contribution in [0.1, 0.15) is 6.42 Å². The summed E-state index contributed by atoms with van der Waals surface area (Å²) in [6.45, 7) is 0. The quantitative estimate of drug-likeness (QED) is 0.425. The van der Waals surface area contributed by atoms with E-state index in [4.69, 9.17) is 0 Å². The molecule has 0 aliphatic carbocycles. The van der Waals surface area contributed by atoms with Crippen LogP contribution in [0.3, 0.4) is 0 Å². The second-order valence-corrected chi connectivity index (χ2v) is 3.66. The van der Waals surface area contributed by atoms with Gasteiger partial charge in [0, 0.05) is 0 Å². The molecule has 1 aliphatic heterocycles. The average Bonchev–Trinajstić information content (AvgIpc) is 1.66. The lowest BCUT2D eigenvalue weighted by Gasteiger charge is -2.01. The molecule has 1 fully saturated rings. The number of hydrogen-bond donors (Lipinski definition) is 0. The first-order valence-electron chi connectivity index (χ1n) is 2.37. The molecule has 1 heterocycles. The first-order chi connectivity index (χ1) is 4.66. The topological polar surface area (TPSA) is 43.4 Å². The lowest BCUT2D eigenvalue weighted by Crippen LogP contribution is -2.22. The molecule has 0 aromatic heterocycles. The Labute approximate surface area is 59.1 Å². The van der Waals surface area contributed by atoms with Crippen LogP contribution in [-0.4, -0.2) is 19.8 Å². The predicted molar refractivity (Wildman–Crippen MR) is 24.5 cm³/mol. The van der Waals surface area contributed by atoms with Crippen molar-refractivity contribution in [3.63, 3.8) is 0 Å². The molecule has 1 rings (SSSR count). The van der Waals surface area contributed by atoms with E-state index in [9.17, 15) is 26.0 Å². The molecule has 66 valence electrons. The normalized spacial score (nSPS) is 32.0. The summed E-state index contributed by atoms with van der Waals surface area (Å²) >= 11 is 0. The van der Waals surface area contributed by atoms with Crippen molar-refractivity contribution in [1.29, 1.82) is 0 Å². The summed E-state index contributed by atoms with van der Waals surface area (Å²) in [4.78, 5) is 0. The van der Waals surface area contributed by atoms with Crippen LogP contribution >= 0.6 is 0 Å². The molecule has 0 atom stereocenters. The van der Waals surface area contributed by atoms with Gasteiger partial charge in [-0.05, 0) is 0 Å². The fraction of sp³-hybridized carbons (Fsp3) is 1.00. The van der Waals surface area contributed by atoms with Crippen molar-refractivity contribution in [2.75, 3.05) is 0 Å². The highest BCUT2D eigenvalue weighted by Crippen LogP contribution is 2.45. The summed E-state index contributed by atoms with van der Waals surface area (Å²) in [7, 11) is -5.42. The van der Waals surface area contributed by atoms with Gasteiger partial charge in [0.15, 0.2) is 0 Å². The molecule has 0 aromatic rings. The molecule has 0 N–H and O–H groups in total. The van der Waals surface area contributed by atoms with Crippen LogP contribution in [-0.2, 0) is 14.3 Å². The first kappa shape index (κ1) is 8.72. The van der Waals surface area contributed by atoms with Crippen molar-refractivity contribution < 1.29 is 30.2 Å². The Morgan fingerprint density at radius 3 is 1.73 bits per heavy atom. The summed E-state index contributed by atoms with van der Waals surface area (Å²) in [5, 5.41) is -4.48. The van der Waals surface area contributed by atoms with E-state index in [1.54, 1.807) is 0 Å². The van der Waals surface area contributed by atoms with Crippen molar-refractivity contribution in [3.05, 3.63) is 0 Å². The van der Waals surface area contributed by atoms with Gasteiger partial charge in [0.2, 0.25) is 0 Å². The Morgan fingerprint density at radius 1 is 1.18 bits per heavy atom. The summed E-state index contributed by atoms with van der Waals surface area (Å²) in [5.41, 5.74) is 0. The maximum Gasteiger partial charge on any atom is 0.378 e. The Bertz CT molecular complexity index is 268. The van der Waals surface area contributed by atoms with Gasteiger partial charge in [0.05, 0.1) is 0 Å². The van der Waals surface area contributed by atoms with Gasteiger partial charge in [-0.15, -0.1) is 0 Å². The Morgan fingerprint density at radius 2 is 1.64 bits per heavy atom. The predicted octanol–water partition coefficient (Wildman–Crippen LogP) is 0.922. The third-order valence-electron chi connectivity index (χ3n) is 1.01. The van der Waals surface area contributed by atoms with Crippen LogP contribution in [0.2, 0.25) is 0 Å². The van der Waals surface area contributed by atoms with Gasteiger partial charge in [-0.1, -0.05) is 0 Å². The van der Waals surface area contributed by atoms with Gasteiger partial charge < -0.3 is 0 Å². The Balaban J connectivity index is 3.09. The van der Waals surface area contributed by atoms with Gasteiger partial charge in [0.1, 0.15) is 6.42 Å². The Kier molecular flexibility index (Phi) is 1.48. The third-order valence-corrected chi connectivity index (χ3v) is 2.35. The van der Waals surface area contributed by atoms with Gasteiger partial charge in [-0.2, -0.15) is 30.2 Å². The molecular weight excluding hydrogens is 192 g/mol. The molecule has 0 spiro atoms. The second kappa shape index (κ2) is 1.86. The van der Waals surface area contributed by atoms with E-state index < -0.39 is 27.9 Å². The third kappa shape index (κ3) is 1.32. The average molecular weight is 194 g/mol. The molecule has 8 heteroatoms. The second-order valence-electron chi connectivity index (χ2n) is 1.99. The van der Waals surface area contributed by atoms with Crippen molar-refractivity contribution in [3.8, 4) is 0 Å². The fourth-order valence-corrected chi connectivity index (χ4v) is 1.43. The van der Waals surface area contributed by atoms with Crippen LogP contribution in [0.15, 0.2) is 0 Å². The minimum absolute atomic E-state index is 2.11. The largest absolute Gasteiger partial charge is 0.378 e. The molecule has 0 bridgehead atoms. The van der Waals surface area contributed by atoms with Crippen molar-refractivity contribution in [2.24, 2.45) is 0 Å². The molecule has 0 radical (unpaired) electrons. The summed E-state index contributed by atoms with van der Waals surface area (Å²) < 4.78 is 70.7. The van der Waals surface area contributed by atoms with Gasteiger partial charge >= 0.3 is 21.5 Å². The standard InChI is InChI=1S/C3H2F4O3S/c4-2(5)1-3(6,7)11(8,9)10-2/h1H2. The van der Waals surface area contributed by atoms with Gasteiger partial charge in [0.25, 0.3) is 0 Å². The van der Waals surface area contributed by atoms with Crippen LogP contribution < -0.4 is 0 Å². The molecule has 0 amide bonds. The van der Waals surface area contributed by atoms with Crippen molar-refractivity contribution >= 4 is 10.1 Å². The fourth-order valence-electron chi connectivity index (χ4n) is 0.579. The number of rotatable bonds is 0. The maximum atomic E-state index is 12.0. The van der Waals surface area contributed by atoms with Crippen LogP contribution in [0, 0.1) is 0 Å². The highest BCUT2D eigenvalue weighted by atomic mass is 32.2. The molecule has 0 unspecified atom stereocenters. The number of hydrogen-bond acceptors (Lipinski definition) is 3. The van der Waals surface area contributed by atoms with E-state index >= 15 is 0 Å². The zero-order valence-corrected chi connectivity index (χ0v) is 5.67. The molecular formula is C3H2F4O3S. The van der Waals surface area contributed by atoms with Gasteiger partial charge in [-0.3, -0.25) is 0 Å². The van der Waals surface area contributed by atoms with Crippen LogP contribution in [0.4, 0.5) is 17.6 Å². The molecule has 0 aromatic carbocycles. The Hall–Kier alpha value is -0.370. The summed E-state index contributed by atoms with van der Waals surface area (Å²) in [5.74, 6) is 0. The summed E-state index contributed by atoms with van der Waals surface area (Å²) in [6, 6.07) is 0. The summed E-state index contributed by atoms with van der Waals surface area (Å²) in [6.07, 6.45) is -6.38. The van der Waals surface area contributed by atoms with Crippen LogP contribution in [0.25, 0.3) is 0 Å². The maximum absolute atomic E-state index is 12.0. The number of halogens is 4. The molecule has 1 aliphatic rings. The van der Waals surface area contributed by atoms with E-state index in [1.165, 1.54) is 0 Å². The number of alkyl halides is 4. The molecule has 0 saturated carbocycles. The van der Waals surface area contributed by atoms with Crippen LogP contribution in [0.5, 0.6) is 0 Å². The molecule has 3 nitrogen and oxygen atoms in total. The van der Waals surface area contributed by atoms with E-state index in [0.29, 0.717) is 0 Å². The highest BCUT2D eigenvalue weighted by molar-refractivity contribution is 7.88. The lowest BCUT2D eigenvalue weighted by molar-refractivity contribution is -0.173. The van der Waals surface area contributed by atoms with Crippen molar-refractivity contribution in [2.45, 2.75) is 17.8 Å². The monoisotopic (exact) mass is 194 g/mol. The zero-order valence-electron chi connectivity index (χ0n) is 4.85. The highest BCUT2D eigenvalue weighted by Gasteiger charge is 2.64. The molecule has 11 heavy (non-hydrogen) atoms. The lowest BCUT2D eigenvalue weighted by atomic mass is 10.4. The van der Waals surface area contributed by atoms with E-state index in [1.807, 2.05) is 0 Å². The van der Waals surface area contributed by atoms with E-state index in [0.717, 1.165) is 0 Å². The first-order valence-corrected chi connectivity index (χ1v) is 3.78. The smallest absolute Gasteiger partial charge is 0.195 e.